The first-order valence-electron chi connectivity index (χ1n) is 18.2. The van der Waals surface area contributed by atoms with Crippen LogP contribution in [0.15, 0.2) is 97.1 Å². The van der Waals surface area contributed by atoms with Crippen molar-refractivity contribution in [3.63, 3.8) is 0 Å². The van der Waals surface area contributed by atoms with E-state index in [2.05, 4.69) is 33.7 Å². The molecule has 0 saturated carbocycles. The molecule has 1 atom stereocenters. The molecule has 8 rings (SSSR count). The molecule has 3 aliphatic heterocycles. The van der Waals surface area contributed by atoms with Gasteiger partial charge in [0.15, 0.2) is 0 Å². The van der Waals surface area contributed by atoms with Crippen molar-refractivity contribution >= 4 is 47.2 Å². The molecule has 9 nitrogen and oxygen atoms in total. The topological polar surface area (TPSA) is 102 Å². The summed E-state index contributed by atoms with van der Waals surface area (Å²) in [4.78, 5) is 35.8. The number of phenols is 1. The zero-order chi connectivity index (χ0) is 36.5. The minimum Gasteiger partial charge on any atom is -0.508 e. The molecule has 54 heavy (non-hydrogen) atoms. The van der Waals surface area contributed by atoms with Gasteiger partial charge in [-0.3, -0.25) is 19.4 Å². The standard InChI is InChI=1S/C43H40ClN5O4.ClH/c44-32-11-16-37(42(51)48-27-31-8-2-1-7-30(31)23-35(48)28-46-18-20-53-21-19-46)38(24-32)41-25-39(40-10-3-4-17-47(40)41)43(52)49(33-12-14-36(50)15-13-33)34-9-5-6-29(22-34)26-45;/h1-2,5-9,11-16,22,24-25,35,50H,3-4,10,17-21,23,27-28H2;1H/t35-;/m0./s1. The summed E-state index contributed by atoms with van der Waals surface area (Å²) < 4.78 is 7.80. The molecule has 4 aromatic carbocycles. The number of fused-ring (bicyclic) bond motifs is 2. The number of hydrogen-bond donors (Lipinski definition) is 1. The molecular formula is C43H41Cl2N5O4. The Hall–Kier alpha value is -5.11. The third-order valence-corrected chi connectivity index (χ3v) is 10.9. The maximum Gasteiger partial charge on any atom is 0.264 e. The number of rotatable bonds is 7. The molecule has 0 bridgehead atoms. The number of hydrogen-bond acceptors (Lipinski definition) is 6. The van der Waals surface area contributed by atoms with E-state index < -0.39 is 0 Å². The lowest BCUT2D eigenvalue weighted by Gasteiger charge is -2.40. The lowest BCUT2D eigenvalue weighted by molar-refractivity contribution is 0.0193. The molecule has 1 aromatic heterocycles. The molecule has 11 heteroatoms. The molecule has 3 aliphatic rings. The molecule has 0 aliphatic carbocycles. The summed E-state index contributed by atoms with van der Waals surface area (Å²) in [5.41, 5.74) is 7.35. The maximum atomic E-state index is 15.0. The molecule has 4 heterocycles. The summed E-state index contributed by atoms with van der Waals surface area (Å²) in [6, 6.07) is 31.3. The van der Waals surface area contributed by atoms with E-state index in [4.69, 9.17) is 16.3 Å². The summed E-state index contributed by atoms with van der Waals surface area (Å²) in [5, 5.41) is 20.3. The molecule has 1 N–H and O–H groups in total. The second-order valence-corrected chi connectivity index (χ2v) is 14.4. The van der Waals surface area contributed by atoms with Gasteiger partial charge in [-0.05, 0) is 104 Å². The van der Waals surface area contributed by atoms with Crippen LogP contribution in [0.3, 0.4) is 0 Å². The van der Waals surface area contributed by atoms with Crippen LogP contribution in [0, 0.1) is 11.3 Å². The van der Waals surface area contributed by atoms with Crippen molar-refractivity contribution in [3.8, 4) is 23.1 Å². The lowest BCUT2D eigenvalue weighted by atomic mass is 9.92. The van der Waals surface area contributed by atoms with Gasteiger partial charge in [0, 0.05) is 72.0 Å². The number of amides is 2. The molecule has 276 valence electrons. The number of halogens is 2. The highest BCUT2D eigenvalue weighted by Crippen LogP contribution is 2.38. The van der Waals surface area contributed by atoms with Gasteiger partial charge in [-0.2, -0.15) is 5.26 Å². The zero-order valence-electron chi connectivity index (χ0n) is 29.8. The van der Waals surface area contributed by atoms with Gasteiger partial charge in [0.25, 0.3) is 11.8 Å². The van der Waals surface area contributed by atoms with Crippen LogP contribution in [0.4, 0.5) is 11.4 Å². The van der Waals surface area contributed by atoms with E-state index in [-0.39, 0.29) is 36.0 Å². The SMILES string of the molecule is Cl.N#Cc1cccc(N(C(=O)c2cc(-c3cc(Cl)ccc3C(=O)N3Cc4ccccc4C[C@H]3CN3CCOCC3)n3c2CCCC3)c2ccc(O)cc2)c1. The molecule has 1 fully saturated rings. The molecular weight excluding hydrogens is 721 g/mol. The van der Waals surface area contributed by atoms with Crippen molar-refractivity contribution in [2.45, 2.75) is 44.8 Å². The van der Waals surface area contributed by atoms with Crippen molar-refractivity contribution in [2.75, 3.05) is 37.7 Å². The Morgan fingerprint density at radius 1 is 0.870 bits per heavy atom. The van der Waals surface area contributed by atoms with Crippen LogP contribution in [0.25, 0.3) is 11.3 Å². The quantitative estimate of drug-likeness (QED) is 0.180. The smallest absolute Gasteiger partial charge is 0.264 e. The number of morpholine rings is 1. The van der Waals surface area contributed by atoms with Gasteiger partial charge in [0.1, 0.15) is 5.75 Å². The second-order valence-electron chi connectivity index (χ2n) is 14.0. The summed E-state index contributed by atoms with van der Waals surface area (Å²) in [6.45, 7) is 5.00. The number of anilines is 2. The molecule has 0 unspecified atom stereocenters. The minimum atomic E-state index is -0.268. The Morgan fingerprint density at radius 3 is 2.43 bits per heavy atom. The number of phenolic OH excluding ortho intramolecular Hbond substituents is 1. The minimum absolute atomic E-state index is 0. The number of ether oxygens (including phenoxy) is 1. The van der Waals surface area contributed by atoms with E-state index in [0.29, 0.717) is 71.4 Å². The van der Waals surface area contributed by atoms with Crippen LogP contribution in [0.5, 0.6) is 5.75 Å². The Balaban J connectivity index is 0.00000450. The van der Waals surface area contributed by atoms with Gasteiger partial charge in [-0.15, -0.1) is 12.4 Å². The third kappa shape index (κ3) is 7.35. The van der Waals surface area contributed by atoms with Gasteiger partial charge < -0.3 is 19.3 Å². The number of nitriles is 1. The zero-order valence-corrected chi connectivity index (χ0v) is 31.4. The van der Waals surface area contributed by atoms with Crippen LogP contribution >= 0.6 is 24.0 Å². The largest absolute Gasteiger partial charge is 0.508 e. The van der Waals surface area contributed by atoms with E-state index in [1.54, 1.807) is 59.5 Å². The fourth-order valence-electron chi connectivity index (χ4n) is 8.04. The van der Waals surface area contributed by atoms with Crippen molar-refractivity contribution in [3.05, 3.63) is 136 Å². The lowest BCUT2D eigenvalue weighted by Crippen LogP contribution is -2.52. The Kier molecular flexibility index (Phi) is 11.1. The Bertz CT molecular complexity index is 2220. The molecule has 0 spiro atoms. The van der Waals surface area contributed by atoms with Crippen molar-refractivity contribution in [1.29, 1.82) is 5.26 Å². The monoisotopic (exact) mass is 761 g/mol. The van der Waals surface area contributed by atoms with Crippen molar-refractivity contribution < 1.29 is 19.4 Å². The van der Waals surface area contributed by atoms with Crippen LogP contribution in [0.1, 0.15) is 55.9 Å². The van der Waals surface area contributed by atoms with Crippen molar-refractivity contribution in [1.82, 2.24) is 14.4 Å². The average molecular weight is 763 g/mol. The summed E-state index contributed by atoms with van der Waals surface area (Å²) >= 11 is 6.71. The van der Waals surface area contributed by atoms with Crippen LogP contribution < -0.4 is 4.90 Å². The molecule has 5 aromatic rings. The first kappa shape index (κ1) is 37.2. The van der Waals surface area contributed by atoms with Crippen LogP contribution in [0.2, 0.25) is 5.02 Å². The number of aromatic hydroxyl groups is 1. The summed E-state index contributed by atoms with van der Waals surface area (Å²) in [7, 11) is 0. The predicted molar refractivity (Wildman–Crippen MR) is 212 cm³/mol. The number of nitrogens with zero attached hydrogens (tertiary/aromatic N) is 5. The normalized spacial score (nSPS) is 16.7. The highest BCUT2D eigenvalue weighted by molar-refractivity contribution is 6.31. The highest BCUT2D eigenvalue weighted by atomic mass is 35.5. The Morgan fingerprint density at radius 2 is 1.65 bits per heavy atom. The van der Waals surface area contributed by atoms with E-state index in [1.165, 1.54) is 5.56 Å². The van der Waals surface area contributed by atoms with Crippen LogP contribution in [-0.4, -0.2) is 70.2 Å². The van der Waals surface area contributed by atoms with Gasteiger partial charge in [0.05, 0.1) is 36.1 Å². The summed E-state index contributed by atoms with van der Waals surface area (Å²) in [5.74, 6) is -0.253. The molecule has 0 radical (unpaired) electrons. The van der Waals surface area contributed by atoms with E-state index in [9.17, 15) is 20.0 Å². The molecule has 2 amide bonds. The van der Waals surface area contributed by atoms with E-state index >= 15 is 0 Å². The predicted octanol–water partition coefficient (Wildman–Crippen LogP) is 8.02. The number of benzene rings is 4. The van der Waals surface area contributed by atoms with Gasteiger partial charge in [0.2, 0.25) is 0 Å². The number of carbonyl (C=O) groups is 2. The fraction of sp³-hybridized carbons (Fsp3) is 0.279. The number of carbonyl (C=O) groups excluding carboxylic acids is 2. The summed E-state index contributed by atoms with van der Waals surface area (Å²) in [6.07, 6.45) is 3.31. The highest BCUT2D eigenvalue weighted by Gasteiger charge is 2.35. The van der Waals surface area contributed by atoms with Gasteiger partial charge in [-0.1, -0.05) is 41.9 Å². The second kappa shape index (κ2) is 16.1. The first-order chi connectivity index (χ1) is 25.9. The fourth-order valence-corrected chi connectivity index (χ4v) is 8.22. The van der Waals surface area contributed by atoms with Crippen LogP contribution in [-0.2, 0) is 30.7 Å². The van der Waals surface area contributed by atoms with Gasteiger partial charge >= 0.3 is 0 Å². The average Bonchev–Trinajstić information content (AvgIpc) is 3.58. The first-order valence-corrected chi connectivity index (χ1v) is 18.6. The third-order valence-electron chi connectivity index (χ3n) is 10.7. The van der Waals surface area contributed by atoms with Crippen molar-refractivity contribution in [2.24, 2.45) is 0 Å². The number of aromatic nitrogens is 1. The Labute approximate surface area is 326 Å². The van der Waals surface area contributed by atoms with E-state index in [0.717, 1.165) is 55.8 Å². The molecule has 1 saturated heterocycles. The maximum absolute atomic E-state index is 15.0. The van der Waals surface area contributed by atoms with Gasteiger partial charge in [-0.25, -0.2) is 0 Å². The van der Waals surface area contributed by atoms with E-state index in [1.807, 2.05) is 29.2 Å².